The molecule has 2 unspecified atom stereocenters. The minimum Gasteiger partial charge on any atom is -0.504 e. The van der Waals surface area contributed by atoms with Gasteiger partial charge >= 0.3 is 0 Å². The monoisotopic (exact) mass is 313 g/mol. The van der Waals surface area contributed by atoms with E-state index in [1.165, 1.54) is 5.56 Å². The minimum atomic E-state index is 0.164. The van der Waals surface area contributed by atoms with Crippen molar-refractivity contribution in [3.8, 4) is 11.5 Å². The molecule has 0 spiro atoms. The van der Waals surface area contributed by atoms with Crippen LogP contribution < -0.4 is 10.1 Å². The van der Waals surface area contributed by atoms with Crippen LogP contribution in [0.4, 0.5) is 0 Å². The van der Waals surface area contributed by atoms with E-state index >= 15 is 0 Å². The molecule has 0 bridgehead atoms. The third-order valence-corrected chi connectivity index (χ3v) is 4.29. The van der Waals surface area contributed by atoms with Crippen LogP contribution in [0, 0.1) is 0 Å². The molecule has 2 aromatic carbocycles. The lowest BCUT2D eigenvalue weighted by Gasteiger charge is -2.30. The molecule has 1 aliphatic rings. The molecule has 0 aromatic heterocycles. The average Bonchev–Trinajstić information content (AvgIpc) is 2.62. The predicted molar refractivity (Wildman–Crippen MR) is 89.7 cm³/mol. The summed E-state index contributed by atoms with van der Waals surface area (Å²) < 4.78 is 11.1. The van der Waals surface area contributed by atoms with Gasteiger partial charge in [-0.05, 0) is 36.1 Å². The second kappa shape index (κ2) is 7.49. The van der Waals surface area contributed by atoms with E-state index in [1.54, 1.807) is 13.2 Å². The van der Waals surface area contributed by atoms with Crippen molar-refractivity contribution in [3.05, 3.63) is 59.7 Å². The van der Waals surface area contributed by atoms with E-state index < -0.39 is 0 Å². The molecule has 1 aliphatic heterocycles. The van der Waals surface area contributed by atoms with Crippen molar-refractivity contribution in [3.63, 3.8) is 0 Å². The predicted octanol–water partition coefficient (Wildman–Crippen LogP) is 3.41. The fourth-order valence-corrected chi connectivity index (χ4v) is 2.98. The van der Waals surface area contributed by atoms with Gasteiger partial charge in [0.15, 0.2) is 11.5 Å². The van der Waals surface area contributed by atoms with Gasteiger partial charge in [-0.1, -0.05) is 36.4 Å². The number of nitrogens with one attached hydrogen (secondary N) is 1. The summed E-state index contributed by atoms with van der Waals surface area (Å²) in [5.74, 6) is 0.685. The summed E-state index contributed by atoms with van der Waals surface area (Å²) in [6.07, 6.45) is 2.15. The van der Waals surface area contributed by atoms with E-state index in [0.717, 1.165) is 31.6 Å². The summed E-state index contributed by atoms with van der Waals surface area (Å²) in [6.45, 7) is 1.53. The molecular weight excluding hydrogens is 290 g/mol. The average molecular weight is 313 g/mol. The summed E-state index contributed by atoms with van der Waals surface area (Å²) in [5, 5.41) is 13.2. The summed E-state index contributed by atoms with van der Waals surface area (Å²) in [7, 11) is 1.56. The van der Waals surface area contributed by atoms with Crippen LogP contribution in [-0.2, 0) is 11.3 Å². The van der Waals surface area contributed by atoms with E-state index in [4.69, 9.17) is 9.47 Å². The maximum absolute atomic E-state index is 9.65. The van der Waals surface area contributed by atoms with E-state index in [-0.39, 0.29) is 11.9 Å². The molecule has 2 aromatic rings. The standard InChI is InChI=1S/C19H23NO3/c1-22-19-11-14(7-8-17(19)21)13-20-16-9-10-23-18(12-16)15-5-3-2-4-6-15/h2-8,11,16,18,20-21H,9-10,12-13H2,1H3. The molecule has 0 saturated carbocycles. The van der Waals surface area contributed by atoms with Crippen LogP contribution in [-0.4, -0.2) is 24.9 Å². The van der Waals surface area contributed by atoms with Crippen molar-refractivity contribution in [2.24, 2.45) is 0 Å². The topological polar surface area (TPSA) is 50.7 Å². The number of ether oxygens (including phenoxy) is 2. The van der Waals surface area contributed by atoms with Gasteiger partial charge in [-0.3, -0.25) is 0 Å². The number of phenolic OH excluding ortho intramolecular Hbond substituents is 1. The third kappa shape index (κ3) is 4.03. The van der Waals surface area contributed by atoms with Gasteiger partial charge in [-0.25, -0.2) is 0 Å². The van der Waals surface area contributed by atoms with Gasteiger partial charge in [0.05, 0.1) is 13.2 Å². The van der Waals surface area contributed by atoms with Crippen molar-refractivity contribution in [1.82, 2.24) is 5.32 Å². The summed E-state index contributed by atoms with van der Waals surface area (Å²) >= 11 is 0. The van der Waals surface area contributed by atoms with Crippen LogP contribution in [0.3, 0.4) is 0 Å². The molecule has 0 amide bonds. The van der Waals surface area contributed by atoms with E-state index in [1.807, 2.05) is 18.2 Å². The number of methoxy groups -OCH3 is 1. The molecule has 0 aliphatic carbocycles. The number of benzene rings is 2. The lowest BCUT2D eigenvalue weighted by atomic mass is 9.97. The van der Waals surface area contributed by atoms with Crippen LogP contribution >= 0.6 is 0 Å². The Labute approximate surface area is 137 Å². The van der Waals surface area contributed by atoms with Gasteiger partial charge < -0.3 is 19.9 Å². The maximum Gasteiger partial charge on any atom is 0.160 e. The van der Waals surface area contributed by atoms with Crippen molar-refractivity contribution in [2.75, 3.05) is 13.7 Å². The first-order valence-electron chi connectivity index (χ1n) is 8.02. The second-order valence-corrected chi connectivity index (χ2v) is 5.88. The van der Waals surface area contributed by atoms with Crippen LogP contribution in [0.15, 0.2) is 48.5 Å². The van der Waals surface area contributed by atoms with Crippen molar-refractivity contribution in [1.29, 1.82) is 0 Å². The summed E-state index contributed by atoms with van der Waals surface area (Å²) in [6, 6.07) is 16.3. The molecule has 3 rings (SSSR count). The quantitative estimate of drug-likeness (QED) is 0.888. The minimum absolute atomic E-state index is 0.164. The second-order valence-electron chi connectivity index (χ2n) is 5.88. The summed E-state index contributed by atoms with van der Waals surface area (Å²) in [5.41, 5.74) is 2.34. The molecule has 4 nitrogen and oxygen atoms in total. The first-order valence-corrected chi connectivity index (χ1v) is 8.02. The highest BCUT2D eigenvalue weighted by molar-refractivity contribution is 5.41. The van der Waals surface area contributed by atoms with Gasteiger partial charge in [0, 0.05) is 19.2 Å². The van der Waals surface area contributed by atoms with E-state index in [0.29, 0.717) is 11.8 Å². The van der Waals surface area contributed by atoms with Gasteiger partial charge in [0.1, 0.15) is 0 Å². The highest BCUT2D eigenvalue weighted by Crippen LogP contribution is 2.29. The highest BCUT2D eigenvalue weighted by Gasteiger charge is 2.23. The molecule has 4 heteroatoms. The SMILES string of the molecule is COc1cc(CNC2CCOC(c3ccccc3)C2)ccc1O. The number of hydrogen-bond donors (Lipinski definition) is 2. The van der Waals surface area contributed by atoms with E-state index in [9.17, 15) is 5.11 Å². The third-order valence-electron chi connectivity index (χ3n) is 4.29. The molecule has 122 valence electrons. The van der Waals surface area contributed by atoms with Crippen molar-refractivity contribution in [2.45, 2.75) is 31.5 Å². The summed E-state index contributed by atoms with van der Waals surface area (Å²) in [4.78, 5) is 0. The number of aromatic hydroxyl groups is 1. The maximum atomic E-state index is 9.65. The van der Waals surface area contributed by atoms with Gasteiger partial charge in [0.25, 0.3) is 0 Å². The first-order chi connectivity index (χ1) is 11.3. The van der Waals surface area contributed by atoms with Gasteiger partial charge in [0.2, 0.25) is 0 Å². The molecule has 1 fully saturated rings. The van der Waals surface area contributed by atoms with Crippen LogP contribution in [0.5, 0.6) is 11.5 Å². The molecular formula is C19H23NO3. The molecule has 1 saturated heterocycles. The normalized spacial score (nSPS) is 21.1. The smallest absolute Gasteiger partial charge is 0.160 e. The molecule has 0 radical (unpaired) electrons. The van der Waals surface area contributed by atoms with Crippen LogP contribution in [0.1, 0.15) is 30.1 Å². The Morgan fingerprint density at radius 3 is 2.83 bits per heavy atom. The molecule has 23 heavy (non-hydrogen) atoms. The number of rotatable bonds is 5. The molecule has 2 N–H and O–H groups in total. The zero-order chi connectivity index (χ0) is 16.1. The Bertz CT molecular complexity index is 630. The lowest BCUT2D eigenvalue weighted by molar-refractivity contribution is -0.0000441. The van der Waals surface area contributed by atoms with Gasteiger partial charge in [-0.15, -0.1) is 0 Å². The fourth-order valence-electron chi connectivity index (χ4n) is 2.98. The Balaban J connectivity index is 1.58. The molecule has 1 heterocycles. The zero-order valence-electron chi connectivity index (χ0n) is 13.4. The van der Waals surface area contributed by atoms with Crippen molar-refractivity contribution >= 4 is 0 Å². The highest BCUT2D eigenvalue weighted by atomic mass is 16.5. The largest absolute Gasteiger partial charge is 0.504 e. The fraction of sp³-hybridized carbons (Fsp3) is 0.368. The van der Waals surface area contributed by atoms with E-state index in [2.05, 4.69) is 29.6 Å². The Kier molecular flexibility index (Phi) is 5.16. The van der Waals surface area contributed by atoms with Gasteiger partial charge in [-0.2, -0.15) is 0 Å². The first kappa shape index (κ1) is 15.8. The number of phenols is 1. The zero-order valence-corrected chi connectivity index (χ0v) is 13.4. The number of hydrogen-bond acceptors (Lipinski definition) is 4. The van der Waals surface area contributed by atoms with Crippen LogP contribution in [0.2, 0.25) is 0 Å². The molecule has 2 atom stereocenters. The van der Waals surface area contributed by atoms with Crippen molar-refractivity contribution < 1.29 is 14.6 Å². The Hall–Kier alpha value is -2.04. The lowest BCUT2D eigenvalue weighted by Crippen LogP contribution is -2.35. The Morgan fingerprint density at radius 1 is 1.22 bits per heavy atom. The Morgan fingerprint density at radius 2 is 2.04 bits per heavy atom. The van der Waals surface area contributed by atoms with Crippen LogP contribution in [0.25, 0.3) is 0 Å².